The molecule has 16 heavy (non-hydrogen) atoms. The number of aryl methyl sites for hydroxylation is 2. The van der Waals surface area contributed by atoms with Gasteiger partial charge < -0.3 is 5.11 Å². The van der Waals surface area contributed by atoms with Gasteiger partial charge in [0.05, 0.1) is 6.20 Å². The fourth-order valence-corrected chi connectivity index (χ4v) is 1.45. The summed E-state index contributed by atoms with van der Waals surface area (Å²) in [7, 11) is 0. The van der Waals surface area contributed by atoms with Crippen molar-refractivity contribution in [3.63, 3.8) is 0 Å². The monoisotopic (exact) mass is 215 g/mol. The minimum absolute atomic E-state index is 0.122. The summed E-state index contributed by atoms with van der Waals surface area (Å²) in [6, 6.07) is 1.61. The summed E-state index contributed by atoms with van der Waals surface area (Å²) in [5.41, 5.74) is 3.72. The second kappa shape index (κ2) is 3.89. The summed E-state index contributed by atoms with van der Waals surface area (Å²) in [6.45, 7) is 5.89. The molecule has 0 aliphatic heterocycles. The molecule has 0 saturated carbocycles. The Hall–Kier alpha value is -1.97. The van der Waals surface area contributed by atoms with Gasteiger partial charge in [-0.25, -0.2) is 9.97 Å². The van der Waals surface area contributed by atoms with E-state index in [0.29, 0.717) is 5.82 Å². The zero-order chi connectivity index (χ0) is 11.7. The molecular weight excluding hydrogens is 202 g/mol. The Morgan fingerprint density at radius 3 is 2.19 bits per heavy atom. The highest BCUT2D eigenvalue weighted by atomic mass is 16.3. The minimum atomic E-state index is 0.122. The molecule has 0 radical (unpaired) electrons. The molecule has 2 aromatic heterocycles. The number of hydrogen-bond acceptors (Lipinski definition) is 4. The molecular formula is C12H13N3O. The van der Waals surface area contributed by atoms with E-state index in [-0.39, 0.29) is 5.75 Å². The molecule has 0 aliphatic rings. The molecule has 82 valence electrons. The van der Waals surface area contributed by atoms with Gasteiger partial charge in [-0.3, -0.25) is 4.98 Å². The van der Waals surface area contributed by atoms with Crippen molar-refractivity contribution in [2.75, 3.05) is 0 Å². The highest BCUT2D eigenvalue weighted by Crippen LogP contribution is 2.20. The lowest BCUT2D eigenvalue weighted by molar-refractivity contribution is 0.473. The predicted molar refractivity (Wildman–Crippen MR) is 61.1 cm³/mol. The second-order valence-electron chi connectivity index (χ2n) is 3.77. The molecule has 0 saturated heterocycles. The van der Waals surface area contributed by atoms with E-state index >= 15 is 0 Å². The van der Waals surface area contributed by atoms with E-state index in [4.69, 9.17) is 0 Å². The van der Waals surface area contributed by atoms with Gasteiger partial charge in [-0.05, 0) is 32.4 Å². The molecule has 4 heteroatoms. The van der Waals surface area contributed by atoms with Crippen molar-refractivity contribution < 1.29 is 5.11 Å². The zero-order valence-electron chi connectivity index (χ0n) is 9.52. The third-order valence-corrected chi connectivity index (χ3v) is 2.61. The SMILES string of the molecule is Cc1nc(-c2cncc(O)c2)nc(C)c1C. The van der Waals surface area contributed by atoms with E-state index in [1.54, 1.807) is 12.3 Å². The van der Waals surface area contributed by atoms with E-state index in [9.17, 15) is 5.11 Å². The Bertz CT molecular complexity index is 515. The van der Waals surface area contributed by atoms with Crippen LogP contribution < -0.4 is 0 Å². The molecule has 0 spiro atoms. The first-order valence-electron chi connectivity index (χ1n) is 5.04. The van der Waals surface area contributed by atoms with Crippen molar-refractivity contribution in [2.45, 2.75) is 20.8 Å². The fourth-order valence-electron chi connectivity index (χ4n) is 1.45. The van der Waals surface area contributed by atoms with Gasteiger partial charge in [-0.2, -0.15) is 0 Å². The van der Waals surface area contributed by atoms with Crippen LogP contribution in [0.4, 0.5) is 0 Å². The van der Waals surface area contributed by atoms with Crippen molar-refractivity contribution in [2.24, 2.45) is 0 Å². The smallest absolute Gasteiger partial charge is 0.161 e. The first kappa shape index (κ1) is 10.5. The van der Waals surface area contributed by atoms with Crippen LogP contribution in [0.1, 0.15) is 17.0 Å². The van der Waals surface area contributed by atoms with Crippen LogP contribution in [-0.4, -0.2) is 20.1 Å². The van der Waals surface area contributed by atoms with E-state index in [1.807, 2.05) is 20.8 Å². The average molecular weight is 215 g/mol. The first-order valence-corrected chi connectivity index (χ1v) is 5.04. The third-order valence-electron chi connectivity index (χ3n) is 2.61. The molecule has 0 bridgehead atoms. The molecule has 0 fully saturated rings. The van der Waals surface area contributed by atoms with Gasteiger partial charge >= 0.3 is 0 Å². The topological polar surface area (TPSA) is 58.9 Å². The zero-order valence-corrected chi connectivity index (χ0v) is 9.52. The standard InChI is InChI=1S/C12H13N3O/c1-7-8(2)14-12(15-9(7)3)10-4-11(16)6-13-5-10/h4-6,16H,1-3H3. The highest BCUT2D eigenvalue weighted by molar-refractivity contribution is 5.56. The molecule has 2 aromatic rings. The lowest BCUT2D eigenvalue weighted by atomic mass is 10.2. The van der Waals surface area contributed by atoms with Gasteiger partial charge in [0, 0.05) is 23.1 Å². The van der Waals surface area contributed by atoms with Crippen molar-refractivity contribution in [1.82, 2.24) is 15.0 Å². The number of pyridine rings is 1. The summed E-state index contributed by atoms with van der Waals surface area (Å²) in [5.74, 6) is 0.723. The Morgan fingerprint density at radius 2 is 1.62 bits per heavy atom. The third kappa shape index (κ3) is 1.86. The van der Waals surface area contributed by atoms with Crippen LogP contribution in [0.2, 0.25) is 0 Å². The number of aromatic nitrogens is 3. The van der Waals surface area contributed by atoms with Gasteiger partial charge in [-0.1, -0.05) is 0 Å². The molecule has 0 aliphatic carbocycles. The molecule has 0 amide bonds. The van der Waals surface area contributed by atoms with Crippen LogP contribution in [0.5, 0.6) is 5.75 Å². The summed E-state index contributed by atoms with van der Waals surface area (Å²) in [5, 5.41) is 9.35. The van der Waals surface area contributed by atoms with Crippen molar-refractivity contribution in [3.8, 4) is 17.1 Å². The molecule has 0 aromatic carbocycles. The Morgan fingerprint density at radius 1 is 1.00 bits per heavy atom. The lowest BCUT2D eigenvalue weighted by Crippen LogP contribution is -1.99. The van der Waals surface area contributed by atoms with Crippen molar-refractivity contribution in [3.05, 3.63) is 35.4 Å². The van der Waals surface area contributed by atoms with Crippen LogP contribution >= 0.6 is 0 Å². The normalized spacial score (nSPS) is 10.4. The van der Waals surface area contributed by atoms with Crippen LogP contribution in [0, 0.1) is 20.8 Å². The summed E-state index contributed by atoms with van der Waals surface area (Å²) in [4.78, 5) is 12.7. The summed E-state index contributed by atoms with van der Waals surface area (Å²) >= 11 is 0. The average Bonchev–Trinajstić information content (AvgIpc) is 2.25. The number of hydrogen-bond donors (Lipinski definition) is 1. The number of nitrogens with zero attached hydrogens (tertiary/aromatic N) is 3. The molecule has 0 atom stereocenters. The maximum atomic E-state index is 9.35. The second-order valence-corrected chi connectivity index (χ2v) is 3.77. The van der Waals surface area contributed by atoms with E-state index in [1.165, 1.54) is 6.20 Å². The van der Waals surface area contributed by atoms with Gasteiger partial charge in [0.25, 0.3) is 0 Å². The quantitative estimate of drug-likeness (QED) is 0.792. The predicted octanol–water partition coefficient (Wildman–Crippen LogP) is 2.17. The van der Waals surface area contributed by atoms with Gasteiger partial charge in [-0.15, -0.1) is 0 Å². The maximum absolute atomic E-state index is 9.35. The number of rotatable bonds is 1. The minimum Gasteiger partial charge on any atom is -0.506 e. The van der Waals surface area contributed by atoms with Crippen LogP contribution in [0.15, 0.2) is 18.5 Å². The van der Waals surface area contributed by atoms with Crippen LogP contribution in [-0.2, 0) is 0 Å². The van der Waals surface area contributed by atoms with Gasteiger partial charge in [0.1, 0.15) is 5.75 Å². The van der Waals surface area contributed by atoms with E-state index in [2.05, 4.69) is 15.0 Å². The Labute approximate surface area is 94.0 Å². The van der Waals surface area contributed by atoms with Crippen LogP contribution in [0.25, 0.3) is 11.4 Å². The molecule has 2 rings (SSSR count). The lowest BCUT2D eigenvalue weighted by Gasteiger charge is -2.06. The highest BCUT2D eigenvalue weighted by Gasteiger charge is 2.07. The molecule has 4 nitrogen and oxygen atoms in total. The molecule has 2 heterocycles. The fraction of sp³-hybridized carbons (Fsp3) is 0.250. The van der Waals surface area contributed by atoms with Crippen molar-refractivity contribution in [1.29, 1.82) is 0 Å². The molecule has 0 unspecified atom stereocenters. The Balaban J connectivity index is 2.57. The van der Waals surface area contributed by atoms with E-state index < -0.39 is 0 Å². The maximum Gasteiger partial charge on any atom is 0.161 e. The largest absolute Gasteiger partial charge is 0.506 e. The van der Waals surface area contributed by atoms with Gasteiger partial charge in [0.15, 0.2) is 5.82 Å². The molecule has 1 N–H and O–H groups in total. The summed E-state index contributed by atoms with van der Waals surface area (Å²) < 4.78 is 0. The Kier molecular flexibility index (Phi) is 2.56. The van der Waals surface area contributed by atoms with E-state index in [0.717, 1.165) is 22.5 Å². The van der Waals surface area contributed by atoms with Gasteiger partial charge in [0.2, 0.25) is 0 Å². The van der Waals surface area contributed by atoms with Crippen molar-refractivity contribution >= 4 is 0 Å². The summed E-state index contributed by atoms with van der Waals surface area (Å²) in [6.07, 6.45) is 3.03. The first-order chi connectivity index (χ1) is 7.58. The number of aromatic hydroxyl groups is 1. The van der Waals surface area contributed by atoms with Crippen LogP contribution in [0.3, 0.4) is 0 Å².